The molecule has 3 amide bonds. The van der Waals surface area contributed by atoms with Gasteiger partial charge in [0.15, 0.2) is 0 Å². The predicted octanol–water partition coefficient (Wildman–Crippen LogP) is 3.23. The monoisotopic (exact) mass is 428 g/mol. The Morgan fingerprint density at radius 2 is 1.47 bits per heavy atom. The summed E-state index contributed by atoms with van der Waals surface area (Å²) in [5.74, 6) is 0.293. The Bertz CT molecular complexity index is 1110. The molecule has 0 aliphatic heterocycles. The molecular weight excluding hydrogens is 408 g/mol. The van der Waals surface area contributed by atoms with E-state index in [0.717, 1.165) is 6.26 Å². The molecule has 0 bridgehead atoms. The first-order valence-corrected chi connectivity index (χ1v) is 10.7. The van der Waals surface area contributed by atoms with Crippen molar-refractivity contribution in [1.29, 1.82) is 0 Å². The number of carbonyl (C=O) groups excluding carboxylic acids is 2. The summed E-state index contributed by atoms with van der Waals surface area (Å²) in [4.78, 5) is 24.2. The highest BCUT2D eigenvalue weighted by Gasteiger charge is 2.08. The number of nitrogens with one attached hydrogen (secondary N) is 4. The zero-order valence-corrected chi connectivity index (χ0v) is 16.8. The lowest BCUT2D eigenvalue weighted by Gasteiger charge is -2.09. The second-order valence-corrected chi connectivity index (χ2v) is 8.12. The van der Waals surface area contributed by atoms with Gasteiger partial charge in [-0.2, -0.15) is 0 Å². The number of carbonyl (C=O) groups is 2. The van der Waals surface area contributed by atoms with Crippen LogP contribution in [-0.2, 0) is 16.6 Å². The van der Waals surface area contributed by atoms with Crippen LogP contribution in [0.2, 0.25) is 0 Å². The molecule has 4 N–H and O–H groups in total. The average molecular weight is 428 g/mol. The molecule has 3 rings (SSSR count). The van der Waals surface area contributed by atoms with Crippen molar-refractivity contribution in [3.63, 3.8) is 0 Å². The topological polar surface area (TPSA) is 130 Å². The molecule has 0 saturated heterocycles. The molecule has 0 saturated carbocycles. The quantitative estimate of drug-likeness (QED) is 0.459. The highest BCUT2D eigenvalue weighted by atomic mass is 32.2. The number of benzene rings is 2. The fraction of sp³-hybridized carbons (Fsp3) is 0.100. The Hall–Kier alpha value is -3.79. The molecule has 0 atom stereocenters. The van der Waals surface area contributed by atoms with Crippen LogP contribution in [0.4, 0.5) is 21.9 Å². The average Bonchev–Trinajstić information content (AvgIpc) is 3.21. The molecule has 1 aromatic heterocycles. The fourth-order valence-corrected chi connectivity index (χ4v) is 3.06. The molecule has 3 aromatic rings. The molecule has 1 heterocycles. The maximum absolute atomic E-state index is 12.3. The van der Waals surface area contributed by atoms with Crippen molar-refractivity contribution in [3.8, 4) is 0 Å². The van der Waals surface area contributed by atoms with Crippen LogP contribution in [0.1, 0.15) is 16.1 Å². The summed E-state index contributed by atoms with van der Waals surface area (Å²) in [5, 5.41) is 8.08. The fourth-order valence-electron chi connectivity index (χ4n) is 2.50. The number of amides is 3. The van der Waals surface area contributed by atoms with Gasteiger partial charge in [0.25, 0.3) is 5.91 Å². The van der Waals surface area contributed by atoms with Crippen LogP contribution in [-0.4, -0.2) is 26.6 Å². The largest absolute Gasteiger partial charge is 0.467 e. The molecule has 0 spiro atoms. The lowest BCUT2D eigenvalue weighted by molar-refractivity contribution is 0.102. The number of anilines is 3. The number of furan rings is 1. The van der Waals surface area contributed by atoms with Gasteiger partial charge >= 0.3 is 6.03 Å². The second-order valence-electron chi connectivity index (χ2n) is 6.37. The third-order valence-corrected chi connectivity index (χ3v) is 4.46. The number of hydrogen-bond donors (Lipinski definition) is 4. The Kier molecular flexibility index (Phi) is 6.38. The summed E-state index contributed by atoms with van der Waals surface area (Å²) in [6.07, 6.45) is 2.58. The summed E-state index contributed by atoms with van der Waals surface area (Å²) in [5.41, 5.74) is 1.84. The van der Waals surface area contributed by atoms with Gasteiger partial charge in [-0.15, -0.1) is 0 Å². The Morgan fingerprint density at radius 1 is 0.867 bits per heavy atom. The van der Waals surface area contributed by atoms with Gasteiger partial charge in [-0.1, -0.05) is 0 Å². The molecule has 30 heavy (non-hydrogen) atoms. The minimum atomic E-state index is -3.38. The Morgan fingerprint density at radius 3 is 2.03 bits per heavy atom. The summed E-state index contributed by atoms with van der Waals surface area (Å²) < 4.78 is 29.9. The Labute approximate surface area is 173 Å². The molecule has 9 nitrogen and oxygen atoms in total. The summed E-state index contributed by atoms with van der Waals surface area (Å²) in [7, 11) is -3.38. The van der Waals surface area contributed by atoms with Gasteiger partial charge in [0.1, 0.15) is 5.76 Å². The Balaban J connectivity index is 1.52. The van der Waals surface area contributed by atoms with Crippen molar-refractivity contribution in [2.45, 2.75) is 6.54 Å². The first-order chi connectivity index (χ1) is 14.3. The van der Waals surface area contributed by atoms with Crippen LogP contribution in [0.5, 0.6) is 0 Å². The van der Waals surface area contributed by atoms with Gasteiger partial charge in [0.05, 0.1) is 19.1 Å². The van der Waals surface area contributed by atoms with Gasteiger partial charge < -0.3 is 20.4 Å². The van der Waals surface area contributed by atoms with Gasteiger partial charge in [-0.3, -0.25) is 9.52 Å². The SMILES string of the molecule is CS(=O)(=O)Nc1ccc(C(=O)Nc2ccc(NC(=O)NCc3ccco3)cc2)cc1. The van der Waals surface area contributed by atoms with Crippen molar-refractivity contribution in [2.75, 3.05) is 21.6 Å². The molecule has 10 heteroatoms. The van der Waals surface area contributed by atoms with E-state index in [9.17, 15) is 18.0 Å². The van der Waals surface area contributed by atoms with Gasteiger partial charge in [-0.25, -0.2) is 13.2 Å². The van der Waals surface area contributed by atoms with Gasteiger partial charge in [-0.05, 0) is 60.7 Å². The van der Waals surface area contributed by atoms with E-state index in [0.29, 0.717) is 28.4 Å². The number of hydrogen-bond acceptors (Lipinski definition) is 5. The summed E-state index contributed by atoms with van der Waals surface area (Å²) in [6, 6.07) is 15.8. The van der Waals surface area contributed by atoms with E-state index >= 15 is 0 Å². The first kappa shape index (κ1) is 20.9. The zero-order chi connectivity index (χ0) is 21.6. The molecule has 0 radical (unpaired) electrons. The maximum atomic E-state index is 12.3. The molecule has 156 valence electrons. The van der Waals surface area contributed by atoms with E-state index in [1.165, 1.54) is 30.5 Å². The maximum Gasteiger partial charge on any atom is 0.319 e. The minimum Gasteiger partial charge on any atom is -0.467 e. The normalized spacial score (nSPS) is 10.8. The molecule has 0 fully saturated rings. The first-order valence-electron chi connectivity index (χ1n) is 8.85. The van der Waals surface area contributed by atoms with E-state index in [-0.39, 0.29) is 18.5 Å². The predicted molar refractivity (Wildman–Crippen MR) is 114 cm³/mol. The third-order valence-electron chi connectivity index (χ3n) is 3.85. The van der Waals surface area contributed by atoms with Crippen molar-refractivity contribution in [3.05, 3.63) is 78.3 Å². The van der Waals surface area contributed by atoms with Crippen molar-refractivity contribution in [1.82, 2.24) is 5.32 Å². The zero-order valence-electron chi connectivity index (χ0n) is 16.0. The van der Waals surface area contributed by atoms with E-state index in [1.54, 1.807) is 36.4 Å². The number of urea groups is 1. The van der Waals surface area contributed by atoms with Crippen LogP contribution in [0, 0.1) is 0 Å². The van der Waals surface area contributed by atoms with E-state index < -0.39 is 10.0 Å². The summed E-state index contributed by atoms with van der Waals surface area (Å²) >= 11 is 0. The number of rotatable bonds is 7. The molecule has 0 aliphatic rings. The van der Waals surface area contributed by atoms with Crippen molar-refractivity contribution in [2.24, 2.45) is 0 Å². The number of sulfonamides is 1. The van der Waals surface area contributed by atoms with Crippen LogP contribution >= 0.6 is 0 Å². The standard InChI is InChI=1S/C20H20N4O5S/c1-30(27,28)24-17-6-4-14(5-7-17)19(25)22-15-8-10-16(11-9-15)23-20(26)21-13-18-3-2-12-29-18/h2-12,24H,13H2,1H3,(H,22,25)(H2,21,23,26). The molecular formula is C20H20N4O5S. The minimum absolute atomic E-state index is 0.269. The summed E-state index contributed by atoms with van der Waals surface area (Å²) in [6.45, 7) is 0.269. The van der Waals surface area contributed by atoms with Crippen LogP contribution in [0.3, 0.4) is 0 Å². The van der Waals surface area contributed by atoms with Crippen LogP contribution < -0.4 is 20.7 Å². The van der Waals surface area contributed by atoms with E-state index in [2.05, 4.69) is 20.7 Å². The van der Waals surface area contributed by atoms with Gasteiger partial charge in [0, 0.05) is 22.6 Å². The van der Waals surface area contributed by atoms with E-state index in [1.807, 2.05) is 0 Å². The van der Waals surface area contributed by atoms with Crippen LogP contribution in [0.15, 0.2) is 71.3 Å². The third kappa shape index (κ3) is 6.38. The lowest BCUT2D eigenvalue weighted by Crippen LogP contribution is -2.27. The molecule has 2 aromatic carbocycles. The van der Waals surface area contributed by atoms with Crippen molar-refractivity contribution < 1.29 is 22.4 Å². The molecule has 0 aliphatic carbocycles. The highest BCUT2D eigenvalue weighted by Crippen LogP contribution is 2.16. The van der Waals surface area contributed by atoms with Crippen LogP contribution in [0.25, 0.3) is 0 Å². The lowest BCUT2D eigenvalue weighted by atomic mass is 10.2. The van der Waals surface area contributed by atoms with E-state index in [4.69, 9.17) is 4.42 Å². The van der Waals surface area contributed by atoms with Gasteiger partial charge in [0.2, 0.25) is 10.0 Å². The van der Waals surface area contributed by atoms with Crippen molar-refractivity contribution >= 4 is 39.0 Å². The molecule has 0 unspecified atom stereocenters. The second kappa shape index (κ2) is 9.14. The highest BCUT2D eigenvalue weighted by molar-refractivity contribution is 7.92. The smallest absolute Gasteiger partial charge is 0.319 e.